The highest BCUT2D eigenvalue weighted by Gasteiger charge is 2.12. The van der Waals surface area contributed by atoms with E-state index in [0.29, 0.717) is 42.0 Å². The van der Waals surface area contributed by atoms with Crippen LogP contribution in [0.3, 0.4) is 0 Å². The van der Waals surface area contributed by atoms with Crippen molar-refractivity contribution < 1.29 is 9.47 Å². The third kappa shape index (κ3) is 3.62. The SMILES string of the molecule is CCCOc1ccccc1Oc1nc(CC)nc(N)c1C. The van der Waals surface area contributed by atoms with Gasteiger partial charge in [0.05, 0.1) is 12.2 Å². The Kier molecular flexibility index (Phi) is 4.98. The van der Waals surface area contributed by atoms with E-state index in [0.717, 1.165) is 12.0 Å². The quantitative estimate of drug-likeness (QED) is 0.880. The Labute approximate surface area is 125 Å². The van der Waals surface area contributed by atoms with Gasteiger partial charge in [-0.3, -0.25) is 0 Å². The van der Waals surface area contributed by atoms with E-state index in [1.165, 1.54) is 0 Å². The van der Waals surface area contributed by atoms with Crippen LogP contribution in [0, 0.1) is 6.92 Å². The van der Waals surface area contributed by atoms with Crippen LogP contribution in [0.15, 0.2) is 24.3 Å². The molecule has 5 heteroatoms. The van der Waals surface area contributed by atoms with E-state index in [2.05, 4.69) is 16.9 Å². The van der Waals surface area contributed by atoms with E-state index in [1.54, 1.807) is 0 Å². The zero-order valence-corrected chi connectivity index (χ0v) is 12.7. The second kappa shape index (κ2) is 6.92. The summed E-state index contributed by atoms with van der Waals surface area (Å²) in [7, 11) is 0. The van der Waals surface area contributed by atoms with E-state index < -0.39 is 0 Å². The Bertz CT molecular complexity index is 614. The van der Waals surface area contributed by atoms with Crippen LogP contribution in [0.4, 0.5) is 5.82 Å². The number of aromatic nitrogens is 2. The number of nitrogens with zero attached hydrogens (tertiary/aromatic N) is 2. The molecule has 2 N–H and O–H groups in total. The minimum absolute atomic E-state index is 0.448. The summed E-state index contributed by atoms with van der Waals surface area (Å²) in [6.07, 6.45) is 1.64. The van der Waals surface area contributed by atoms with Crippen molar-refractivity contribution in [2.24, 2.45) is 0 Å². The fourth-order valence-corrected chi connectivity index (χ4v) is 1.79. The highest BCUT2D eigenvalue weighted by Crippen LogP contribution is 2.33. The first-order valence-corrected chi connectivity index (χ1v) is 7.18. The summed E-state index contributed by atoms with van der Waals surface area (Å²) in [6, 6.07) is 7.55. The predicted octanol–water partition coefficient (Wildman–Crippen LogP) is 3.51. The molecule has 0 aliphatic heterocycles. The van der Waals surface area contributed by atoms with Crippen LogP contribution in [-0.2, 0) is 6.42 Å². The van der Waals surface area contributed by atoms with Crippen molar-refractivity contribution in [3.8, 4) is 17.4 Å². The monoisotopic (exact) mass is 287 g/mol. The lowest BCUT2D eigenvalue weighted by Gasteiger charge is -2.14. The maximum Gasteiger partial charge on any atom is 0.227 e. The van der Waals surface area contributed by atoms with E-state index >= 15 is 0 Å². The summed E-state index contributed by atoms with van der Waals surface area (Å²) in [5.41, 5.74) is 6.64. The van der Waals surface area contributed by atoms with Gasteiger partial charge in [-0.25, -0.2) is 4.98 Å². The molecule has 5 nitrogen and oxygen atoms in total. The molecule has 0 saturated heterocycles. The van der Waals surface area contributed by atoms with Gasteiger partial charge in [-0.15, -0.1) is 0 Å². The predicted molar refractivity (Wildman–Crippen MR) is 82.9 cm³/mol. The minimum Gasteiger partial charge on any atom is -0.490 e. The van der Waals surface area contributed by atoms with Crippen molar-refractivity contribution in [3.63, 3.8) is 0 Å². The lowest BCUT2D eigenvalue weighted by atomic mass is 10.3. The van der Waals surface area contributed by atoms with Crippen LogP contribution in [0.5, 0.6) is 17.4 Å². The van der Waals surface area contributed by atoms with Crippen molar-refractivity contribution >= 4 is 5.82 Å². The smallest absolute Gasteiger partial charge is 0.227 e. The summed E-state index contributed by atoms with van der Waals surface area (Å²) >= 11 is 0. The molecular formula is C16H21N3O2. The molecule has 1 aromatic carbocycles. The third-order valence-electron chi connectivity index (χ3n) is 3.02. The van der Waals surface area contributed by atoms with Crippen LogP contribution in [0.2, 0.25) is 0 Å². The number of nitrogen functional groups attached to an aromatic ring is 1. The molecule has 0 aliphatic rings. The van der Waals surface area contributed by atoms with Crippen molar-refractivity contribution in [1.29, 1.82) is 0 Å². The van der Waals surface area contributed by atoms with Crippen molar-refractivity contribution in [2.45, 2.75) is 33.6 Å². The number of aryl methyl sites for hydroxylation is 1. The number of ether oxygens (including phenoxy) is 2. The van der Waals surface area contributed by atoms with Crippen molar-refractivity contribution in [1.82, 2.24) is 9.97 Å². The Morgan fingerprint density at radius 3 is 2.48 bits per heavy atom. The summed E-state index contributed by atoms with van der Waals surface area (Å²) in [6.45, 7) is 6.53. The molecule has 2 aromatic rings. The molecule has 21 heavy (non-hydrogen) atoms. The Morgan fingerprint density at radius 1 is 1.10 bits per heavy atom. The molecule has 0 radical (unpaired) electrons. The Hall–Kier alpha value is -2.30. The molecule has 0 aliphatic carbocycles. The second-order valence-corrected chi connectivity index (χ2v) is 4.71. The molecule has 1 heterocycles. The summed E-state index contributed by atoms with van der Waals surface area (Å²) in [4.78, 5) is 8.62. The van der Waals surface area contributed by atoms with Crippen LogP contribution >= 0.6 is 0 Å². The van der Waals surface area contributed by atoms with E-state index in [9.17, 15) is 0 Å². The molecule has 1 aromatic heterocycles. The fourth-order valence-electron chi connectivity index (χ4n) is 1.79. The van der Waals surface area contributed by atoms with Gasteiger partial charge in [-0.05, 0) is 25.5 Å². The number of para-hydroxylation sites is 2. The van der Waals surface area contributed by atoms with Gasteiger partial charge < -0.3 is 15.2 Å². The Morgan fingerprint density at radius 2 is 1.81 bits per heavy atom. The first-order chi connectivity index (χ1) is 10.2. The van der Waals surface area contributed by atoms with E-state index in [4.69, 9.17) is 15.2 Å². The van der Waals surface area contributed by atoms with Gasteiger partial charge in [-0.2, -0.15) is 4.98 Å². The molecule has 112 valence electrons. The van der Waals surface area contributed by atoms with Crippen LogP contribution < -0.4 is 15.2 Å². The molecule has 0 saturated carbocycles. The first-order valence-electron chi connectivity index (χ1n) is 7.18. The number of benzene rings is 1. The topological polar surface area (TPSA) is 70.3 Å². The highest BCUT2D eigenvalue weighted by atomic mass is 16.5. The molecular weight excluding hydrogens is 266 g/mol. The maximum absolute atomic E-state index is 5.91. The van der Waals surface area contributed by atoms with E-state index in [1.807, 2.05) is 38.1 Å². The molecule has 2 rings (SSSR count). The number of rotatable bonds is 6. The van der Waals surface area contributed by atoms with Gasteiger partial charge in [-0.1, -0.05) is 26.0 Å². The average Bonchev–Trinajstić information content (AvgIpc) is 2.50. The average molecular weight is 287 g/mol. The minimum atomic E-state index is 0.448. The highest BCUT2D eigenvalue weighted by molar-refractivity contribution is 5.48. The largest absolute Gasteiger partial charge is 0.490 e. The first kappa shape index (κ1) is 15.1. The van der Waals surface area contributed by atoms with Gasteiger partial charge in [0.2, 0.25) is 5.88 Å². The van der Waals surface area contributed by atoms with Gasteiger partial charge in [0.15, 0.2) is 11.5 Å². The molecule has 0 atom stereocenters. The molecule has 0 fully saturated rings. The van der Waals surface area contributed by atoms with Gasteiger partial charge in [0, 0.05) is 6.42 Å². The third-order valence-corrected chi connectivity index (χ3v) is 3.02. The standard InChI is InChI=1S/C16H21N3O2/c1-4-10-20-12-8-6-7-9-13(12)21-16-11(3)15(17)18-14(5-2)19-16/h6-9H,4-5,10H2,1-3H3,(H2,17,18,19). The fraction of sp³-hybridized carbons (Fsp3) is 0.375. The summed E-state index contributed by atoms with van der Waals surface area (Å²) in [5, 5.41) is 0. The maximum atomic E-state index is 5.91. The zero-order valence-electron chi connectivity index (χ0n) is 12.7. The molecule has 0 amide bonds. The zero-order chi connectivity index (χ0) is 15.2. The summed E-state index contributed by atoms with van der Waals surface area (Å²) in [5.74, 6) is 2.93. The van der Waals surface area contributed by atoms with Crippen LogP contribution in [0.1, 0.15) is 31.7 Å². The van der Waals surface area contributed by atoms with Gasteiger partial charge in [0.1, 0.15) is 11.6 Å². The number of anilines is 1. The van der Waals surface area contributed by atoms with Gasteiger partial charge >= 0.3 is 0 Å². The second-order valence-electron chi connectivity index (χ2n) is 4.71. The van der Waals surface area contributed by atoms with E-state index in [-0.39, 0.29) is 0 Å². The van der Waals surface area contributed by atoms with Crippen molar-refractivity contribution in [3.05, 3.63) is 35.7 Å². The van der Waals surface area contributed by atoms with Crippen LogP contribution in [0.25, 0.3) is 0 Å². The molecule has 0 bridgehead atoms. The van der Waals surface area contributed by atoms with Gasteiger partial charge in [0.25, 0.3) is 0 Å². The Balaban J connectivity index is 2.32. The molecule has 0 unspecified atom stereocenters. The number of hydrogen-bond acceptors (Lipinski definition) is 5. The lowest BCUT2D eigenvalue weighted by Crippen LogP contribution is -2.05. The van der Waals surface area contributed by atoms with Crippen molar-refractivity contribution in [2.75, 3.05) is 12.3 Å². The normalized spacial score (nSPS) is 10.4. The van der Waals surface area contributed by atoms with Crippen LogP contribution in [-0.4, -0.2) is 16.6 Å². The summed E-state index contributed by atoms with van der Waals surface area (Å²) < 4.78 is 11.6. The molecule has 0 spiro atoms. The number of hydrogen-bond donors (Lipinski definition) is 1. The lowest BCUT2D eigenvalue weighted by molar-refractivity contribution is 0.300. The number of nitrogens with two attached hydrogens (primary N) is 1.